The second-order valence-electron chi connectivity index (χ2n) is 10.5. The summed E-state index contributed by atoms with van der Waals surface area (Å²) in [4.78, 5) is 44.8. The van der Waals surface area contributed by atoms with Gasteiger partial charge in [-0.05, 0) is 70.6 Å². The monoisotopic (exact) mass is 498 g/mol. The van der Waals surface area contributed by atoms with Crippen molar-refractivity contribution in [3.05, 3.63) is 42.0 Å². The highest BCUT2D eigenvalue weighted by atomic mass is 16.6. The lowest BCUT2D eigenvalue weighted by Gasteiger charge is -2.37. The summed E-state index contributed by atoms with van der Waals surface area (Å²) in [5.74, 6) is -2.46. The van der Waals surface area contributed by atoms with Crippen LogP contribution in [0.15, 0.2) is 30.9 Å². The lowest BCUT2D eigenvalue weighted by atomic mass is 9.66. The molecule has 1 aromatic carbocycles. The molecule has 2 bridgehead atoms. The standard InChI is InChI=1S/C28H38N2O6/c1-6-14-29(20-17-18(3)10-11-19(20)4)25(33)23-28-13-12-27(5,36-28)22(26(34)35-7-2)21(28)24(32)30(23)15-8-9-16-31/h6,10-11,17,21-23,31H,1,7-9,12-16H2,2-5H3/t21-,22+,23?,27-,28?/m0/s1. The molecule has 5 atom stereocenters. The molecule has 196 valence electrons. The van der Waals surface area contributed by atoms with Crippen LogP contribution in [0.5, 0.6) is 0 Å². The molecule has 3 aliphatic heterocycles. The number of fused-ring (bicyclic) bond motifs is 1. The Labute approximate surface area is 213 Å². The molecule has 1 aromatic rings. The Balaban J connectivity index is 1.80. The molecule has 1 N–H and O–H groups in total. The van der Waals surface area contributed by atoms with Gasteiger partial charge in [-0.2, -0.15) is 0 Å². The van der Waals surface area contributed by atoms with Gasteiger partial charge in [0.05, 0.1) is 18.1 Å². The number of esters is 1. The minimum atomic E-state index is -1.10. The SMILES string of the molecule is C=CCN(C(=O)C1N(CCCCO)C(=O)[C@@H]2[C@H](C(=O)OCC)[C@]3(C)CCC12O3)c1cc(C)ccc1C. The van der Waals surface area contributed by atoms with Crippen molar-refractivity contribution in [3.63, 3.8) is 0 Å². The first-order chi connectivity index (χ1) is 17.1. The van der Waals surface area contributed by atoms with Crippen molar-refractivity contribution in [1.82, 2.24) is 4.90 Å². The third-order valence-corrected chi connectivity index (χ3v) is 8.09. The van der Waals surface area contributed by atoms with E-state index < -0.39 is 35.0 Å². The first kappa shape index (κ1) is 26.4. The second-order valence-corrected chi connectivity index (χ2v) is 10.5. The number of unbranched alkanes of at least 4 members (excludes halogenated alkanes) is 1. The van der Waals surface area contributed by atoms with Gasteiger partial charge in [-0.15, -0.1) is 6.58 Å². The van der Waals surface area contributed by atoms with Gasteiger partial charge in [0.2, 0.25) is 5.91 Å². The van der Waals surface area contributed by atoms with Crippen LogP contribution in [0.1, 0.15) is 50.7 Å². The molecule has 3 heterocycles. The van der Waals surface area contributed by atoms with Crippen molar-refractivity contribution in [2.24, 2.45) is 11.8 Å². The number of nitrogens with zero attached hydrogens (tertiary/aromatic N) is 2. The molecular weight excluding hydrogens is 460 g/mol. The zero-order valence-corrected chi connectivity index (χ0v) is 21.8. The summed E-state index contributed by atoms with van der Waals surface area (Å²) < 4.78 is 12.0. The Kier molecular flexibility index (Phi) is 7.30. The lowest BCUT2D eigenvalue weighted by Crippen LogP contribution is -2.56. The van der Waals surface area contributed by atoms with Crippen LogP contribution in [0.3, 0.4) is 0 Å². The number of carbonyl (C=O) groups excluding carboxylic acids is 3. The minimum absolute atomic E-state index is 0.000311. The van der Waals surface area contributed by atoms with E-state index >= 15 is 0 Å². The number of hydrogen-bond acceptors (Lipinski definition) is 6. The van der Waals surface area contributed by atoms with Crippen LogP contribution in [0, 0.1) is 25.7 Å². The van der Waals surface area contributed by atoms with E-state index in [1.165, 1.54) is 0 Å². The number of likely N-dealkylation sites (tertiary alicyclic amines) is 1. The molecular formula is C28H38N2O6. The molecule has 2 amide bonds. The van der Waals surface area contributed by atoms with Crippen LogP contribution in [0.2, 0.25) is 0 Å². The summed E-state index contributed by atoms with van der Waals surface area (Å²) in [6.07, 6.45) is 3.81. The van der Waals surface area contributed by atoms with Crippen LogP contribution >= 0.6 is 0 Å². The number of carbonyl (C=O) groups is 3. The maximum Gasteiger partial charge on any atom is 0.312 e. The summed E-state index contributed by atoms with van der Waals surface area (Å²) in [6.45, 7) is 12.2. The maximum atomic E-state index is 14.5. The van der Waals surface area contributed by atoms with Crippen molar-refractivity contribution in [3.8, 4) is 0 Å². The first-order valence-electron chi connectivity index (χ1n) is 12.9. The third-order valence-electron chi connectivity index (χ3n) is 8.09. The molecule has 8 heteroatoms. The fraction of sp³-hybridized carbons (Fsp3) is 0.607. The van der Waals surface area contributed by atoms with Gasteiger partial charge in [-0.25, -0.2) is 0 Å². The van der Waals surface area contributed by atoms with Crippen LogP contribution in [0.4, 0.5) is 5.69 Å². The number of benzene rings is 1. The predicted molar refractivity (Wildman–Crippen MR) is 135 cm³/mol. The van der Waals surface area contributed by atoms with E-state index in [0.717, 1.165) is 16.8 Å². The van der Waals surface area contributed by atoms with Crippen LogP contribution < -0.4 is 4.90 Å². The Morgan fingerprint density at radius 3 is 2.72 bits per heavy atom. The number of anilines is 1. The summed E-state index contributed by atoms with van der Waals surface area (Å²) in [5.41, 5.74) is 0.766. The zero-order valence-electron chi connectivity index (χ0n) is 21.8. The fourth-order valence-corrected chi connectivity index (χ4v) is 6.52. The van der Waals surface area contributed by atoms with Crippen LogP contribution in [-0.2, 0) is 23.9 Å². The van der Waals surface area contributed by atoms with E-state index in [0.29, 0.717) is 32.2 Å². The van der Waals surface area contributed by atoms with E-state index in [1.54, 1.807) is 22.8 Å². The number of aliphatic hydroxyl groups is 1. The quantitative estimate of drug-likeness (QED) is 0.303. The molecule has 2 unspecified atom stereocenters. The Morgan fingerprint density at radius 1 is 1.31 bits per heavy atom. The van der Waals surface area contributed by atoms with E-state index in [1.807, 2.05) is 39.0 Å². The molecule has 0 aromatic heterocycles. The molecule has 3 fully saturated rings. The number of aliphatic hydroxyl groups excluding tert-OH is 1. The molecule has 4 rings (SSSR count). The molecule has 1 spiro atoms. The topological polar surface area (TPSA) is 96.4 Å². The Bertz CT molecular complexity index is 1060. The van der Waals surface area contributed by atoms with E-state index in [9.17, 15) is 19.5 Å². The van der Waals surface area contributed by atoms with Gasteiger partial charge in [0.1, 0.15) is 17.6 Å². The van der Waals surface area contributed by atoms with Gasteiger partial charge in [0, 0.05) is 25.4 Å². The summed E-state index contributed by atoms with van der Waals surface area (Å²) in [5, 5.41) is 9.34. The van der Waals surface area contributed by atoms with E-state index in [-0.39, 0.29) is 31.6 Å². The second kappa shape index (κ2) is 9.98. The molecule has 3 saturated heterocycles. The van der Waals surface area contributed by atoms with Gasteiger partial charge in [-0.1, -0.05) is 18.2 Å². The van der Waals surface area contributed by atoms with Gasteiger partial charge < -0.3 is 24.4 Å². The number of ether oxygens (including phenoxy) is 2. The average Bonchev–Trinajstić information content (AvgIpc) is 3.40. The van der Waals surface area contributed by atoms with Gasteiger partial charge in [0.15, 0.2) is 0 Å². The highest BCUT2D eigenvalue weighted by Gasteiger charge is 2.78. The summed E-state index contributed by atoms with van der Waals surface area (Å²) >= 11 is 0. The van der Waals surface area contributed by atoms with Crippen molar-refractivity contribution >= 4 is 23.5 Å². The van der Waals surface area contributed by atoms with Crippen molar-refractivity contribution in [1.29, 1.82) is 0 Å². The highest BCUT2D eigenvalue weighted by molar-refractivity contribution is 6.05. The Morgan fingerprint density at radius 2 is 2.06 bits per heavy atom. The van der Waals surface area contributed by atoms with Crippen molar-refractivity contribution in [2.45, 2.75) is 70.6 Å². The third kappa shape index (κ3) is 4.04. The number of aryl methyl sites for hydroxylation is 2. The summed E-state index contributed by atoms with van der Waals surface area (Å²) in [6, 6.07) is 5.06. The number of hydrogen-bond donors (Lipinski definition) is 1. The molecule has 0 saturated carbocycles. The number of amides is 2. The van der Waals surface area contributed by atoms with Crippen molar-refractivity contribution < 1.29 is 29.0 Å². The van der Waals surface area contributed by atoms with E-state index in [4.69, 9.17) is 9.47 Å². The minimum Gasteiger partial charge on any atom is -0.466 e. The predicted octanol–water partition coefficient (Wildman–Crippen LogP) is 2.92. The van der Waals surface area contributed by atoms with Crippen LogP contribution in [-0.4, -0.2) is 71.3 Å². The van der Waals surface area contributed by atoms with Gasteiger partial charge in [0.25, 0.3) is 5.91 Å². The highest BCUT2D eigenvalue weighted by Crippen LogP contribution is 2.63. The zero-order chi connectivity index (χ0) is 26.3. The molecule has 3 aliphatic rings. The average molecular weight is 499 g/mol. The lowest BCUT2D eigenvalue weighted by molar-refractivity contribution is -0.159. The van der Waals surface area contributed by atoms with Gasteiger partial charge in [-0.3, -0.25) is 14.4 Å². The first-order valence-corrected chi connectivity index (χ1v) is 12.9. The molecule has 0 aliphatic carbocycles. The largest absolute Gasteiger partial charge is 0.466 e. The normalized spacial score (nSPS) is 30.4. The molecule has 8 nitrogen and oxygen atoms in total. The molecule has 0 radical (unpaired) electrons. The van der Waals surface area contributed by atoms with E-state index in [2.05, 4.69) is 6.58 Å². The van der Waals surface area contributed by atoms with Gasteiger partial charge >= 0.3 is 5.97 Å². The van der Waals surface area contributed by atoms with Crippen molar-refractivity contribution in [2.75, 3.05) is 31.2 Å². The summed E-state index contributed by atoms with van der Waals surface area (Å²) in [7, 11) is 0. The maximum absolute atomic E-state index is 14.5. The van der Waals surface area contributed by atoms with Crippen LogP contribution in [0.25, 0.3) is 0 Å². The number of rotatable bonds is 10. The smallest absolute Gasteiger partial charge is 0.312 e. The fourth-order valence-electron chi connectivity index (χ4n) is 6.52. The molecule has 36 heavy (non-hydrogen) atoms. The Hall–Kier alpha value is -2.71.